The molecule has 0 spiro atoms. The number of amides is 1. The van der Waals surface area contributed by atoms with Crippen molar-refractivity contribution in [3.63, 3.8) is 0 Å². The summed E-state index contributed by atoms with van der Waals surface area (Å²) in [5.41, 5.74) is 2.34. The maximum Gasteiger partial charge on any atom is 0.418 e. The number of para-hydroxylation sites is 1. The monoisotopic (exact) mass is 421 g/mol. The molecule has 0 N–H and O–H groups in total. The van der Waals surface area contributed by atoms with Gasteiger partial charge in [0.25, 0.3) is 0 Å². The molecule has 2 aromatic carbocycles. The molecule has 0 aliphatic carbocycles. The van der Waals surface area contributed by atoms with Crippen molar-refractivity contribution < 1.29 is 14.0 Å². The Labute approximate surface area is 187 Å². The number of carbonyl (C=O) groups excluding carboxylic acids is 1. The minimum Gasteiger partial charge on any atom is -0.396 e. The van der Waals surface area contributed by atoms with Crippen molar-refractivity contribution in [3.8, 4) is 0 Å². The van der Waals surface area contributed by atoms with Crippen molar-refractivity contribution in [2.24, 2.45) is 5.92 Å². The molecule has 3 heterocycles. The first-order valence-electron chi connectivity index (χ1n) is 12.1. The molecule has 31 heavy (non-hydrogen) atoms. The highest BCUT2D eigenvalue weighted by Gasteiger charge is 2.49. The van der Waals surface area contributed by atoms with Gasteiger partial charge in [0.05, 0.1) is 19.6 Å². The number of ether oxygens (including phenoxy) is 1. The summed E-state index contributed by atoms with van der Waals surface area (Å²) < 4.78 is 7.27. The van der Waals surface area contributed by atoms with Crippen LogP contribution >= 0.6 is 0 Å². The number of anilines is 1. The first-order valence-corrected chi connectivity index (χ1v) is 12.1. The Morgan fingerprint density at radius 3 is 2.35 bits per heavy atom. The third kappa shape index (κ3) is 5.30. The first-order chi connectivity index (χ1) is 15.2. The van der Waals surface area contributed by atoms with Gasteiger partial charge in [-0.15, -0.1) is 0 Å². The Bertz CT molecular complexity index is 816. The van der Waals surface area contributed by atoms with Crippen molar-refractivity contribution in [1.82, 2.24) is 0 Å². The number of unbranched alkanes of at least 4 members (excludes halogenated alkanes) is 1. The number of hydrogen-bond donors (Lipinski definition) is 0. The maximum absolute atomic E-state index is 13.3. The van der Waals surface area contributed by atoms with Crippen LogP contribution < -0.4 is 4.90 Å². The third-order valence-electron chi connectivity index (χ3n) is 7.28. The predicted octanol–water partition coefficient (Wildman–Crippen LogP) is 6.02. The molecule has 1 amide bonds. The fourth-order valence-corrected chi connectivity index (χ4v) is 5.37. The van der Waals surface area contributed by atoms with Crippen LogP contribution in [0, 0.1) is 5.92 Å². The Morgan fingerprint density at radius 2 is 1.68 bits per heavy atom. The molecule has 3 aliphatic heterocycles. The number of nitrogens with zero attached hydrogens (tertiary/aromatic N) is 2. The van der Waals surface area contributed by atoms with E-state index >= 15 is 0 Å². The van der Waals surface area contributed by atoms with Gasteiger partial charge in [-0.25, -0.2) is 4.79 Å². The van der Waals surface area contributed by atoms with Crippen LogP contribution in [-0.2, 0) is 11.2 Å². The van der Waals surface area contributed by atoms with E-state index in [2.05, 4.69) is 37.3 Å². The summed E-state index contributed by atoms with van der Waals surface area (Å²) in [6, 6.07) is 20.7. The summed E-state index contributed by atoms with van der Waals surface area (Å²) >= 11 is 0. The zero-order valence-corrected chi connectivity index (χ0v) is 18.9. The molecule has 0 saturated carbocycles. The lowest BCUT2D eigenvalue weighted by Gasteiger charge is -2.53. The number of carbonyl (C=O) groups is 1. The first kappa shape index (κ1) is 21.9. The Balaban J connectivity index is 1.43. The van der Waals surface area contributed by atoms with Crippen molar-refractivity contribution in [2.45, 2.75) is 58.1 Å². The van der Waals surface area contributed by atoms with Crippen LogP contribution in [-0.4, -0.2) is 43.0 Å². The Morgan fingerprint density at radius 1 is 1.00 bits per heavy atom. The SMILES string of the molecule is CCCCN(C(=O)O[C@@H]1CC2CC[N+]1(CCCc1ccccc1)CC2)c1ccccc1. The lowest BCUT2D eigenvalue weighted by molar-refractivity contribution is -0.984. The molecular weight excluding hydrogens is 384 g/mol. The van der Waals surface area contributed by atoms with Crippen LogP contribution in [0.3, 0.4) is 0 Å². The number of rotatable bonds is 9. The van der Waals surface area contributed by atoms with Gasteiger partial charge in [0.15, 0.2) is 0 Å². The molecule has 3 fully saturated rings. The van der Waals surface area contributed by atoms with Gasteiger partial charge >= 0.3 is 6.09 Å². The van der Waals surface area contributed by atoms with E-state index in [1.165, 1.54) is 18.4 Å². The lowest BCUT2D eigenvalue weighted by Crippen LogP contribution is -2.66. The van der Waals surface area contributed by atoms with Crippen LogP contribution in [0.2, 0.25) is 0 Å². The Hall–Kier alpha value is -2.33. The van der Waals surface area contributed by atoms with Crippen molar-refractivity contribution in [2.75, 3.05) is 31.1 Å². The average Bonchev–Trinajstić information content (AvgIpc) is 2.82. The van der Waals surface area contributed by atoms with Crippen LogP contribution in [0.4, 0.5) is 10.5 Å². The largest absolute Gasteiger partial charge is 0.418 e. The van der Waals surface area contributed by atoms with E-state index in [4.69, 9.17) is 4.74 Å². The van der Waals surface area contributed by atoms with E-state index < -0.39 is 0 Å². The second-order valence-corrected chi connectivity index (χ2v) is 9.34. The highest BCUT2D eigenvalue weighted by atomic mass is 16.6. The molecule has 1 atom stereocenters. The third-order valence-corrected chi connectivity index (χ3v) is 7.28. The van der Waals surface area contributed by atoms with Gasteiger partial charge in [-0.05, 0) is 36.5 Å². The molecule has 2 aromatic rings. The average molecular weight is 422 g/mol. The number of hydrogen-bond acceptors (Lipinski definition) is 2. The zero-order valence-electron chi connectivity index (χ0n) is 18.9. The maximum atomic E-state index is 13.3. The second-order valence-electron chi connectivity index (χ2n) is 9.34. The van der Waals surface area contributed by atoms with Crippen LogP contribution in [0.25, 0.3) is 0 Å². The van der Waals surface area contributed by atoms with E-state index in [0.29, 0.717) is 12.5 Å². The molecule has 0 aromatic heterocycles. The van der Waals surface area contributed by atoms with E-state index in [0.717, 1.165) is 61.9 Å². The molecule has 4 nitrogen and oxygen atoms in total. The number of quaternary nitrogens is 1. The molecule has 0 unspecified atom stereocenters. The molecule has 2 bridgehead atoms. The minimum atomic E-state index is -0.169. The van der Waals surface area contributed by atoms with Gasteiger partial charge in [0.1, 0.15) is 0 Å². The molecule has 3 saturated heterocycles. The zero-order chi connectivity index (χ0) is 21.5. The van der Waals surface area contributed by atoms with E-state index in [-0.39, 0.29) is 12.3 Å². The van der Waals surface area contributed by atoms with Crippen LogP contribution in [0.15, 0.2) is 60.7 Å². The quantitative estimate of drug-likeness (QED) is 0.463. The lowest BCUT2D eigenvalue weighted by atomic mass is 9.84. The van der Waals surface area contributed by atoms with E-state index in [1.54, 1.807) is 0 Å². The molecule has 3 aliphatic rings. The summed E-state index contributed by atoms with van der Waals surface area (Å²) in [4.78, 5) is 15.2. The van der Waals surface area contributed by atoms with Gasteiger partial charge in [0.2, 0.25) is 6.23 Å². The summed E-state index contributed by atoms with van der Waals surface area (Å²) in [6.45, 7) is 6.27. The molecule has 4 heteroatoms. The number of piperidine rings is 3. The van der Waals surface area contributed by atoms with Gasteiger partial charge in [-0.1, -0.05) is 61.9 Å². The molecule has 5 rings (SSSR count). The summed E-state index contributed by atoms with van der Waals surface area (Å²) in [5, 5.41) is 0. The highest BCUT2D eigenvalue weighted by molar-refractivity contribution is 5.87. The van der Waals surface area contributed by atoms with Gasteiger partial charge in [0, 0.05) is 37.9 Å². The number of aryl methyl sites for hydroxylation is 1. The van der Waals surface area contributed by atoms with Crippen molar-refractivity contribution in [1.29, 1.82) is 0 Å². The van der Waals surface area contributed by atoms with Crippen LogP contribution in [0.1, 0.15) is 51.0 Å². The fourth-order valence-electron chi connectivity index (χ4n) is 5.37. The smallest absolute Gasteiger partial charge is 0.396 e. The number of fused-ring (bicyclic) bond motifs is 3. The second kappa shape index (κ2) is 10.3. The normalized spacial score (nSPS) is 24.7. The van der Waals surface area contributed by atoms with Crippen LogP contribution in [0.5, 0.6) is 0 Å². The van der Waals surface area contributed by atoms with E-state index in [1.807, 2.05) is 35.2 Å². The minimum absolute atomic E-state index is 0.00334. The Kier molecular flexibility index (Phi) is 7.29. The highest BCUT2D eigenvalue weighted by Crippen LogP contribution is 2.39. The standard InChI is InChI=1S/C27H37N2O2/c1-2-3-18-28(25-14-8-5-9-15-25)27(30)31-26-22-24-16-20-29(26,21-17-24)19-10-13-23-11-6-4-7-12-23/h4-9,11-12,14-15,24,26H,2-3,10,13,16-22H2,1H3/q+1/t24?,26-,29?/m1/s1. The topological polar surface area (TPSA) is 29.5 Å². The summed E-state index contributed by atoms with van der Waals surface area (Å²) in [6.07, 6.45) is 7.68. The van der Waals surface area contributed by atoms with Crippen molar-refractivity contribution >= 4 is 11.8 Å². The molecular formula is C27H37N2O2+. The van der Waals surface area contributed by atoms with Gasteiger partial charge in [-0.3, -0.25) is 9.38 Å². The van der Waals surface area contributed by atoms with Gasteiger partial charge in [-0.2, -0.15) is 0 Å². The predicted molar refractivity (Wildman–Crippen MR) is 126 cm³/mol. The fraction of sp³-hybridized carbons (Fsp3) is 0.519. The van der Waals surface area contributed by atoms with Gasteiger partial charge < -0.3 is 4.74 Å². The van der Waals surface area contributed by atoms with Crippen molar-refractivity contribution in [3.05, 3.63) is 66.2 Å². The van der Waals surface area contributed by atoms with E-state index in [9.17, 15) is 4.79 Å². The molecule has 166 valence electrons. The number of benzene rings is 2. The summed E-state index contributed by atoms with van der Waals surface area (Å²) in [7, 11) is 0. The molecule has 0 radical (unpaired) electrons. The summed E-state index contributed by atoms with van der Waals surface area (Å²) in [5.74, 6) is 0.716.